The molecule has 0 spiro atoms. The predicted octanol–water partition coefficient (Wildman–Crippen LogP) is 4.87. The molecule has 0 radical (unpaired) electrons. The molecule has 5 nitrogen and oxygen atoms in total. The number of hydrogen-bond acceptors (Lipinski definition) is 5. The maximum Gasteiger partial charge on any atom is 0.243 e. The molecular weight excluding hydrogens is 433 g/mol. The molecular formula is C20H19ClFN3O2S2. The number of benzene rings is 2. The molecule has 1 unspecified atom stereocenters. The van der Waals surface area contributed by atoms with Crippen LogP contribution in [0.2, 0.25) is 5.02 Å². The third kappa shape index (κ3) is 4.07. The number of aromatic nitrogens is 2. The second kappa shape index (κ2) is 8.10. The van der Waals surface area contributed by atoms with Crippen molar-refractivity contribution in [1.82, 2.24) is 14.5 Å². The van der Waals surface area contributed by atoms with Gasteiger partial charge in [-0.3, -0.25) is 0 Å². The summed E-state index contributed by atoms with van der Waals surface area (Å²) in [6.07, 6.45) is 1.53. The molecule has 1 saturated heterocycles. The van der Waals surface area contributed by atoms with E-state index >= 15 is 0 Å². The first-order chi connectivity index (χ1) is 13.9. The van der Waals surface area contributed by atoms with Gasteiger partial charge in [0.1, 0.15) is 10.8 Å². The van der Waals surface area contributed by atoms with Gasteiger partial charge in [0, 0.05) is 29.6 Å². The molecule has 2 aromatic carbocycles. The Morgan fingerprint density at radius 3 is 2.79 bits per heavy atom. The lowest BCUT2D eigenvalue weighted by atomic mass is 10.0. The van der Waals surface area contributed by atoms with Gasteiger partial charge in [-0.1, -0.05) is 41.1 Å². The maximum atomic E-state index is 14.0. The number of piperidine rings is 1. The molecule has 4 rings (SSSR count). The van der Waals surface area contributed by atoms with Crippen molar-refractivity contribution in [1.29, 1.82) is 0 Å². The molecule has 1 aliphatic heterocycles. The Morgan fingerprint density at radius 2 is 2.00 bits per heavy atom. The summed E-state index contributed by atoms with van der Waals surface area (Å²) in [6.45, 7) is 2.53. The van der Waals surface area contributed by atoms with E-state index in [0.717, 1.165) is 17.8 Å². The highest BCUT2D eigenvalue weighted by Gasteiger charge is 2.33. The largest absolute Gasteiger partial charge is 0.243 e. The number of rotatable bonds is 4. The van der Waals surface area contributed by atoms with Crippen molar-refractivity contribution in [3.8, 4) is 10.6 Å². The highest BCUT2D eigenvalue weighted by molar-refractivity contribution is 7.89. The van der Waals surface area contributed by atoms with Crippen LogP contribution < -0.4 is 0 Å². The Kier molecular flexibility index (Phi) is 5.70. The predicted molar refractivity (Wildman–Crippen MR) is 112 cm³/mol. The van der Waals surface area contributed by atoms with Gasteiger partial charge in [0.2, 0.25) is 10.0 Å². The molecule has 152 valence electrons. The van der Waals surface area contributed by atoms with Gasteiger partial charge in [0.25, 0.3) is 0 Å². The lowest BCUT2D eigenvalue weighted by Crippen LogP contribution is -2.39. The molecule has 0 bridgehead atoms. The van der Waals surface area contributed by atoms with Crippen molar-refractivity contribution < 1.29 is 12.8 Å². The molecule has 0 aliphatic carbocycles. The lowest BCUT2D eigenvalue weighted by molar-refractivity contribution is 0.314. The van der Waals surface area contributed by atoms with Gasteiger partial charge >= 0.3 is 0 Å². The Balaban J connectivity index is 1.59. The van der Waals surface area contributed by atoms with E-state index in [1.54, 1.807) is 37.3 Å². The first-order valence-electron chi connectivity index (χ1n) is 9.21. The number of halogens is 2. The topological polar surface area (TPSA) is 63.2 Å². The van der Waals surface area contributed by atoms with Crippen LogP contribution in [0, 0.1) is 12.7 Å². The van der Waals surface area contributed by atoms with E-state index in [2.05, 4.69) is 10.2 Å². The lowest BCUT2D eigenvalue weighted by Gasteiger charge is -2.31. The molecule has 0 amide bonds. The summed E-state index contributed by atoms with van der Waals surface area (Å²) >= 11 is 7.35. The Hall–Kier alpha value is -1.87. The van der Waals surface area contributed by atoms with Crippen LogP contribution in [0.25, 0.3) is 10.6 Å². The average molecular weight is 452 g/mol. The zero-order valence-electron chi connectivity index (χ0n) is 15.7. The Bertz CT molecular complexity index is 1150. The van der Waals surface area contributed by atoms with E-state index in [-0.39, 0.29) is 16.6 Å². The van der Waals surface area contributed by atoms with Crippen LogP contribution in [-0.4, -0.2) is 36.0 Å². The van der Waals surface area contributed by atoms with Gasteiger partial charge in [-0.05, 0) is 49.6 Å². The van der Waals surface area contributed by atoms with Gasteiger partial charge in [0.05, 0.1) is 4.90 Å². The summed E-state index contributed by atoms with van der Waals surface area (Å²) in [5, 5.41) is 10.00. The third-order valence-corrected chi connectivity index (χ3v) is 8.41. The van der Waals surface area contributed by atoms with Crippen molar-refractivity contribution in [3.63, 3.8) is 0 Å². The van der Waals surface area contributed by atoms with Gasteiger partial charge < -0.3 is 0 Å². The molecule has 0 saturated carbocycles. The zero-order valence-corrected chi connectivity index (χ0v) is 18.1. The molecule has 0 N–H and O–H groups in total. The monoisotopic (exact) mass is 451 g/mol. The average Bonchev–Trinajstić information content (AvgIpc) is 3.20. The van der Waals surface area contributed by atoms with Gasteiger partial charge in [0.15, 0.2) is 5.01 Å². The second-order valence-corrected chi connectivity index (χ2v) is 10.4. The minimum atomic E-state index is -3.66. The summed E-state index contributed by atoms with van der Waals surface area (Å²) in [5.74, 6) is -0.421. The molecule has 1 atom stereocenters. The van der Waals surface area contributed by atoms with Crippen molar-refractivity contribution in [2.24, 2.45) is 0 Å². The maximum absolute atomic E-state index is 14.0. The van der Waals surface area contributed by atoms with Crippen LogP contribution in [0.5, 0.6) is 0 Å². The number of sulfonamides is 1. The standard InChI is InChI=1S/C20H19ClFN3O2S2/c1-13-8-9-15(21)11-18(13)29(26,27)25-10-4-5-14(12-25)19-23-24-20(28-19)16-6-2-3-7-17(16)22/h2-3,6-9,11,14H,4-5,10,12H2,1H3. The van der Waals surface area contributed by atoms with E-state index in [1.165, 1.54) is 27.8 Å². The minimum absolute atomic E-state index is 0.0731. The van der Waals surface area contributed by atoms with Crippen LogP contribution in [0.1, 0.15) is 29.3 Å². The normalized spacial score (nSPS) is 18.1. The molecule has 1 aliphatic rings. The smallest absolute Gasteiger partial charge is 0.207 e. The van der Waals surface area contributed by atoms with Gasteiger partial charge in [-0.2, -0.15) is 4.31 Å². The fourth-order valence-corrected chi connectivity index (χ4v) is 6.50. The van der Waals surface area contributed by atoms with Gasteiger partial charge in [-0.15, -0.1) is 10.2 Å². The summed E-state index contributed by atoms with van der Waals surface area (Å²) in [7, 11) is -3.66. The van der Waals surface area contributed by atoms with E-state index in [9.17, 15) is 12.8 Å². The van der Waals surface area contributed by atoms with Crippen molar-refractivity contribution in [3.05, 3.63) is 63.9 Å². The van der Waals surface area contributed by atoms with E-state index < -0.39 is 10.0 Å². The SMILES string of the molecule is Cc1ccc(Cl)cc1S(=O)(=O)N1CCCC(c2nnc(-c3ccccc3F)s2)C1. The molecule has 9 heteroatoms. The Labute approximate surface area is 178 Å². The first kappa shape index (κ1) is 20.4. The number of hydrogen-bond donors (Lipinski definition) is 0. The Morgan fingerprint density at radius 1 is 1.21 bits per heavy atom. The van der Waals surface area contributed by atoms with Crippen molar-refractivity contribution in [2.45, 2.75) is 30.6 Å². The molecule has 1 aromatic heterocycles. The summed E-state index contributed by atoms with van der Waals surface area (Å²) in [6, 6.07) is 11.3. The second-order valence-electron chi connectivity index (χ2n) is 7.04. The fraction of sp³-hybridized carbons (Fsp3) is 0.300. The van der Waals surface area contributed by atoms with Gasteiger partial charge in [-0.25, -0.2) is 12.8 Å². The van der Waals surface area contributed by atoms with Crippen molar-refractivity contribution in [2.75, 3.05) is 13.1 Å². The van der Waals surface area contributed by atoms with Crippen LogP contribution in [0.15, 0.2) is 47.4 Å². The first-order valence-corrected chi connectivity index (χ1v) is 11.8. The van der Waals surface area contributed by atoms with Crippen LogP contribution >= 0.6 is 22.9 Å². The van der Waals surface area contributed by atoms with Crippen LogP contribution in [0.3, 0.4) is 0 Å². The zero-order chi connectivity index (χ0) is 20.6. The quantitative estimate of drug-likeness (QED) is 0.567. The van der Waals surface area contributed by atoms with Crippen LogP contribution in [0.4, 0.5) is 4.39 Å². The minimum Gasteiger partial charge on any atom is -0.207 e. The summed E-state index contributed by atoms with van der Waals surface area (Å²) < 4.78 is 41.9. The van der Waals surface area contributed by atoms with Crippen LogP contribution in [-0.2, 0) is 10.0 Å². The fourth-order valence-electron chi connectivity index (χ4n) is 3.50. The van der Waals surface area contributed by atoms with E-state index in [4.69, 9.17) is 11.6 Å². The van der Waals surface area contributed by atoms with E-state index in [1.807, 2.05) is 0 Å². The number of nitrogens with zero attached hydrogens (tertiary/aromatic N) is 3. The van der Waals surface area contributed by atoms with E-state index in [0.29, 0.717) is 34.2 Å². The highest BCUT2D eigenvalue weighted by Crippen LogP contribution is 2.35. The molecule has 2 heterocycles. The molecule has 1 fully saturated rings. The highest BCUT2D eigenvalue weighted by atomic mass is 35.5. The molecule has 29 heavy (non-hydrogen) atoms. The number of aryl methyl sites for hydroxylation is 1. The summed E-state index contributed by atoms with van der Waals surface area (Å²) in [4.78, 5) is 0.231. The van der Waals surface area contributed by atoms with Crippen molar-refractivity contribution >= 4 is 33.0 Å². The third-order valence-electron chi connectivity index (χ3n) is 5.05. The summed E-state index contributed by atoms with van der Waals surface area (Å²) in [5.41, 5.74) is 1.07. The molecule has 3 aromatic rings.